The molecule has 0 saturated carbocycles. The average molecular weight is 155 g/mol. The molecule has 1 heterocycles. The SMILES string of the molecule is Cc1cncc(F)c1C(=O)O. The van der Waals surface area contributed by atoms with Gasteiger partial charge in [0.15, 0.2) is 5.82 Å². The number of hydrogen-bond donors (Lipinski definition) is 1. The highest BCUT2D eigenvalue weighted by Crippen LogP contribution is 2.09. The second-order valence-corrected chi connectivity index (χ2v) is 2.12. The fraction of sp³-hybridized carbons (Fsp3) is 0.143. The third-order valence-corrected chi connectivity index (χ3v) is 1.30. The van der Waals surface area contributed by atoms with Crippen LogP contribution < -0.4 is 0 Å². The molecule has 1 aromatic rings. The number of pyridine rings is 1. The van der Waals surface area contributed by atoms with Gasteiger partial charge in [-0.25, -0.2) is 9.18 Å². The highest BCUT2D eigenvalue weighted by Gasteiger charge is 2.12. The van der Waals surface area contributed by atoms with E-state index in [0.717, 1.165) is 6.20 Å². The first-order valence-electron chi connectivity index (χ1n) is 2.96. The third kappa shape index (κ3) is 1.34. The number of hydrogen-bond acceptors (Lipinski definition) is 2. The Hall–Kier alpha value is -1.45. The van der Waals surface area contributed by atoms with E-state index in [1.807, 2.05) is 0 Å². The molecule has 0 aliphatic carbocycles. The van der Waals surface area contributed by atoms with Gasteiger partial charge in [-0.1, -0.05) is 0 Å². The molecule has 3 nitrogen and oxygen atoms in total. The largest absolute Gasteiger partial charge is 0.478 e. The molecule has 58 valence electrons. The van der Waals surface area contributed by atoms with Crippen molar-refractivity contribution >= 4 is 5.97 Å². The normalized spacial score (nSPS) is 9.64. The van der Waals surface area contributed by atoms with Crippen molar-refractivity contribution < 1.29 is 14.3 Å². The lowest BCUT2D eigenvalue weighted by Gasteiger charge is -1.98. The molecular formula is C7H6FNO2. The van der Waals surface area contributed by atoms with Crippen molar-refractivity contribution in [2.75, 3.05) is 0 Å². The van der Waals surface area contributed by atoms with Crippen LogP contribution in [0, 0.1) is 12.7 Å². The molecule has 0 spiro atoms. The number of carboxylic acid groups (broad SMARTS) is 1. The van der Waals surface area contributed by atoms with Crippen LogP contribution in [0.15, 0.2) is 12.4 Å². The number of nitrogens with zero attached hydrogens (tertiary/aromatic N) is 1. The van der Waals surface area contributed by atoms with E-state index in [-0.39, 0.29) is 5.56 Å². The Bertz CT molecular complexity index is 278. The Morgan fingerprint density at radius 1 is 1.64 bits per heavy atom. The predicted octanol–water partition coefficient (Wildman–Crippen LogP) is 1.23. The second-order valence-electron chi connectivity index (χ2n) is 2.12. The molecule has 11 heavy (non-hydrogen) atoms. The van der Waals surface area contributed by atoms with E-state index in [2.05, 4.69) is 4.98 Å². The van der Waals surface area contributed by atoms with Crippen molar-refractivity contribution in [3.8, 4) is 0 Å². The van der Waals surface area contributed by atoms with E-state index >= 15 is 0 Å². The summed E-state index contributed by atoms with van der Waals surface area (Å²) in [4.78, 5) is 13.9. The van der Waals surface area contributed by atoms with Crippen molar-refractivity contribution in [2.24, 2.45) is 0 Å². The minimum absolute atomic E-state index is 0.306. The molecule has 0 aromatic carbocycles. The summed E-state index contributed by atoms with van der Waals surface area (Å²) in [6.45, 7) is 1.50. The maximum atomic E-state index is 12.7. The summed E-state index contributed by atoms with van der Waals surface area (Å²) in [5, 5.41) is 8.48. The fourth-order valence-electron chi connectivity index (χ4n) is 0.803. The molecule has 1 aromatic heterocycles. The molecule has 0 unspecified atom stereocenters. The smallest absolute Gasteiger partial charge is 0.339 e. The molecular weight excluding hydrogens is 149 g/mol. The van der Waals surface area contributed by atoms with Crippen LogP contribution in [0.25, 0.3) is 0 Å². The molecule has 0 radical (unpaired) electrons. The number of rotatable bonds is 1. The van der Waals surface area contributed by atoms with E-state index in [4.69, 9.17) is 5.11 Å². The number of carboxylic acids is 1. The Balaban J connectivity index is 3.32. The quantitative estimate of drug-likeness (QED) is 0.663. The minimum Gasteiger partial charge on any atom is -0.478 e. The van der Waals surface area contributed by atoms with Crippen LogP contribution in [0.2, 0.25) is 0 Å². The first-order chi connectivity index (χ1) is 5.13. The number of carbonyl (C=O) groups is 1. The van der Waals surface area contributed by atoms with Crippen molar-refractivity contribution in [3.05, 3.63) is 29.3 Å². The van der Waals surface area contributed by atoms with E-state index in [9.17, 15) is 9.18 Å². The van der Waals surface area contributed by atoms with E-state index < -0.39 is 11.8 Å². The van der Waals surface area contributed by atoms with Gasteiger partial charge in [-0.15, -0.1) is 0 Å². The lowest BCUT2D eigenvalue weighted by Crippen LogP contribution is -2.03. The summed E-state index contributed by atoms with van der Waals surface area (Å²) in [6.07, 6.45) is 2.20. The number of halogens is 1. The van der Waals surface area contributed by atoms with Crippen molar-refractivity contribution in [1.29, 1.82) is 0 Å². The average Bonchev–Trinajstić information content (AvgIpc) is 1.85. The van der Waals surface area contributed by atoms with Gasteiger partial charge in [0.25, 0.3) is 0 Å². The predicted molar refractivity (Wildman–Crippen MR) is 35.9 cm³/mol. The van der Waals surface area contributed by atoms with Gasteiger partial charge in [0.1, 0.15) is 5.56 Å². The molecule has 0 aliphatic heterocycles. The van der Waals surface area contributed by atoms with Crippen LogP contribution in [0.4, 0.5) is 4.39 Å². The molecule has 1 rings (SSSR count). The summed E-state index contributed by atoms with van der Waals surface area (Å²) in [6, 6.07) is 0. The molecule has 0 fully saturated rings. The van der Waals surface area contributed by atoms with Gasteiger partial charge in [-0.3, -0.25) is 4.98 Å². The summed E-state index contributed by atoms with van der Waals surface area (Å²) >= 11 is 0. The van der Waals surface area contributed by atoms with E-state index in [1.165, 1.54) is 13.1 Å². The minimum atomic E-state index is -1.26. The maximum Gasteiger partial charge on any atom is 0.339 e. The highest BCUT2D eigenvalue weighted by molar-refractivity contribution is 5.89. The fourth-order valence-corrected chi connectivity index (χ4v) is 0.803. The lowest BCUT2D eigenvalue weighted by molar-refractivity contribution is 0.0691. The Kier molecular flexibility index (Phi) is 1.85. The Labute approximate surface area is 62.5 Å². The lowest BCUT2D eigenvalue weighted by atomic mass is 10.1. The highest BCUT2D eigenvalue weighted by atomic mass is 19.1. The monoisotopic (exact) mass is 155 g/mol. The van der Waals surface area contributed by atoms with Crippen LogP contribution in [0.1, 0.15) is 15.9 Å². The number of aryl methyl sites for hydroxylation is 1. The van der Waals surface area contributed by atoms with Crippen LogP contribution in [-0.2, 0) is 0 Å². The van der Waals surface area contributed by atoms with E-state index in [1.54, 1.807) is 0 Å². The van der Waals surface area contributed by atoms with Gasteiger partial charge in [-0.05, 0) is 12.5 Å². The summed E-state index contributed by atoms with van der Waals surface area (Å²) in [5.41, 5.74) is 0.0255. The maximum absolute atomic E-state index is 12.7. The summed E-state index contributed by atoms with van der Waals surface area (Å²) < 4.78 is 12.7. The standard InChI is InChI=1S/C7H6FNO2/c1-4-2-9-3-5(8)6(4)7(10)11/h2-3H,1H3,(H,10,11). The molecule has 0 bridgehead atoms. The zero-order chi connectivity index (χ0) is 8.43. The Morgan fingerprint density at radius 2 is 2.27 bits per heavy atom. The van der Waals surface area contributed by atoms with E-state index in [0.29, 0.717) is 5.56 Å². The van der Waals surface area contributed by atoms with Crippen molar-refractivity contribution in [2.45, 2.75) is 6.92 Å². The van der Waals surface area contributed by atoms with Crippen LogP contribution in [0.3, 0.4) is 0 Å². The second kappa shape index (κ2) is 2.65. The molecule has 0 atom stereocenters. The van der Waals surface area contributed by atoms with Crippen LogP contribution in [-0.4, -0.2) is 16.1 Å². The van der Waals surface area contributed by atoms with Crippen molar-refractivity contribution in [1.82, 2.24) is 4.98 Å². The zero-order valence-electron chi connectivity index (χ0n) is 5.84. The summed E-state index contributed by atoms with van der Waals surface area (Å²) in [7, 11) is 0. The molecule has 4 heteroatoms. The molecule has 1 N–H and O–H groups in total. The molecule has 0 amide bonds. The van der Waals surface area contributed by atoms with Gasteiger partial charge in [0, 0.05) is 6.20 Å². The zero-order valence-corrected chi connectivity index (χ0v) is 5.84. The van der Waals surface area contributed by atoms with Crippen LogP contribution >= 0.6 is 0 Å². The third-order valence-electron chi connectivity index (χ3n) is 1.30. The summed E-state index contributed by atoms with van der Waals surface area (Å²) in [5.74, 6) is -2.06. The Morgan fingerprint density at radius 3 is 2.64 bits per heavy atom. The van der Waals surface area contributed by atoms with Gasteiger partial charge < -0.3 is 5.11 Å². The van der Waals surface area contributed by atoms with Crippen molar-refractivity contribution in [3.63, 3.8) is 0 Å². The number of aromatic nitrogens is 1. The van der Waals surface area contributed by atoms with Gasteiger partial charge in [0.2, 0.25) is 0 Å². The first-order valence-corrected chi connectivity index (χ1v) is 2.96. The molecule has 0 saturated heterocycles. The number of aromatic carboxylic acids is 1. The van der Waals surface area contributed by atoms with Gasteiger partial charge in [0.05, 0.1) is 6.20 Å². The van der Waals surface area contributed by atoms with Gasteiger partial charge in [-0.2, -0.15) is 0 Å². The first kappa shape index (κ1) is 7.65. The van der Waals surface area contributed by atoms with Gasteiger partial charge >= 0.3 is 5.97 Å². The molecule has 0 aliphatic rings. The van der Waals surface area contributed by atoms with Crippen LogP contribution in [0.5, 0.6) is 0 Å². The topological polar surface area (TPSA) is 50.2 Å².